The number of hydrogen-bond acceptors (Lipinski definition) is 5. The summed E-state index contributed by atoms with van der Waals surface area (Å²) in [5.74, 6) is -0.760. The number of methoxy groups -OCH3 is 1. The Hall–Kier alpha value is -2.21. The van der Waals surface area contributed by atoms with Crippen molar-refractivity contribution >= 4 is 11.7 Å². The van der Waals surface area contributed by atoms with Crippen LogP contribution in [0.15, 0.2) is 36.4 Å². The molecule has 1 aromatic rings. The number of nitro benzene ring substituents is 1. The summed E-state index contributed by atoms with van der Waals surface area (Å²) < 4.78 is 4.40. The summed E-state index contributed by atoms with van der Waals surface area (Å²) in [6.07, 6.45) is -1.32. The van der Waals surface area contributed by atoms with Crippen molar-refractivity contribution in [2.45, 2.75) is 6.10 Å². The highest BCUT2D eigenvalue weighted by Crippen LogP contribution is 2.24. The zero-order valence-electron chi connectivity index (χ0n) is 9.12. The molecule has 0 bridgehead atoms. The number of ether oxygens (including phenoxy) is 1. The molecular formula is C11H11NO5. The highest BCUT2D eigenvalue weighted by molar-refractivity contribution is 5.89. The topological polar surface area (TPSA) is 89.7 Å². The summed E-state index contributed by atoms with van der Waals surface area (Å²) in [6, 6.07) is 5.35. The normalized spacial score (nSPS) is 11.6. The summed E-state index contributed by atoms with van der Waals surface area (Å²) in [5.41, 5.74) is -0.123. The molecule has 0 spiro atoms. The second-order valence-corrected chi connectivity index (χ2v) is 3.27. The highest BCUT2D eigenvalue weighted by Gasteiger charge is 2.20. The Morgan fingerprint density at radius 1 is 1.59 bits per heavy atom. The first-order valence-corrected chi connectivity index (χ1v) is 4.67. The molecule has 1 N–H and O–H groups in total. The Morgan fingerprint density at radius 2 is 2.24 bits per heavy atom. The molecule has 0 aliphatic carbocycles. The number of esters is 1. The fraction of sp³-hybridized carbons (Fsp3) is 0.182. The van der Waals surface area contributed by atoms with Crippen LogP contribution in [-0.2, 0) is 9.53 Å². The van der Waals surface area contributed by atoms with Gasteiger partial charge in [0.1, 0.15) is 6.10 Å². The molecule has 0 radical (unpaired) electrons. The Labute approximate surface area is 97.3 Å². The largest absolute Gasteiger partial charge is 0.466 e. The number of rotatable bonds is 4. The zero-order chi connectivity index (χ0) is 13.0. The van der Waals surface area contributed by atoms with Crippen LogP contribution in [0.25, 0.3) is 0 Å². The van der Waals surface area contributed by atoms with E-state index in [-0.39, 0.29) is 16.8 Å². The molecule has 6 nitrogen and oxygen atoms in total. The van der Waals surface area contributed by atoms with Crippen LogP contribution in [-0.4, -0.2) is 23.1 Å². The van der Waals surface area contributed by atoms with Gasteiger partial charge >= 0.3 is 5.97 Å². The van der Waals surface area contributed by atoms with Crippen LogP contribution in [0.5, 0.6) is 0 Å². The lowest BCUT2D eigenvalue weighted by Gasteiger charge is -2.11. The number of carbonyl (C=O) groups is 1. The van der Waals surface area contributed by atoms with Crippen molar-refractivity contribution in [3.63, 3.8) is 0 Å². The summed E-state index contributed by atoms with van der Waals surface area (Å²) in [5, 5.41) is 20.3. The van der Waals surface area contributed by atoms with E-state index in [1.807, 2.05) is 0 Å². The fourth-order valence-corrected chi connectivity index (χ4v) is 1.25. The highest BCUT2D eigenvalue weighted by atomic mass is 16.6. The van der Waals surface area contributed by atoms with Gasteiger partial charge in [0.25, 0.3) is 5.69 Å². The number of aliphatic hydroxyl groups excluding tert-OH is 1. The third-order valence-corrected chi connectivity index (χ3v) is 2.17. The molecule has 0 fully saturated rings. The quantitative estimate of drug-likeness (QED) is 0.369. The minimum Gasteiger partial charge on any atom is -0.466 e. The molecule has 0 aromatic heterocycles. The van der Waals surface area contributed by atoms with Crippen molar-refractivity contribution in [2.24, 2.45) is 0 Å². The number of hydrogen-bond donors (Lipinski definition) is 1. The molecule has 1 rings (SSSR count). The lowest BCUT2D eigenvalue weighted by atomic mass is 10.0. The molecular weight excluding hydrogens is 226 g/mol. The minimum atomic E-state index is -1.32. The van der Waals surface area contributed by atoms with Crippen LogP contribution in [0.2, 0.25) is 0 Å². The van der Waals surface area contributed by atoms with Crippen LogP contribution >= 0.6 is 0 Å². The van der Waals surface area contributed by atoms with E-state index >= 15 is 0 Å². The van der Waals surface area contributed by atoms with E-state index in [4.69, 9.17) is 0 Å². The smallest absolute Gasteiger partial charge is 0.336 e. The van der Waals surface area contributed by atoms with E-state index < -0.39 is 17.0 Å². The first kappa shape index (κ1) is 12.9. The second kappa shape index (κ2) is 5.22. The monoisotopic (exact) mass is 237 g/mol. The number of nitro groups is 1. The van der Waals surface area contributed by atoms with Gasteiger partial charge in [0, 0.05) is 12.1 Å². The van der Waals surface area contributed by atoms with Gasteiger partial charge in [0.05, 0.1) is 17.6 Å². The first-order valence-electron chi connectivity index (χ1n) is 4.67. The number of non-ortho nitro benzene ring substituents is 1. The fourth-order valence-electron chi connectivity index (χ4n) is 1.25. The molecule has 90 valence electrons. The molecule has 0 aliphatic rings. The van der Waals surface area contributed by atoms with Crippen LogP contribution in [0.3, 0.4) is 0 Å². The summed E-state index contributed by atoms with van der Waals surface area (Å²) in [7, 11) is 1.16. The van der Waals surface area contributed by atoms with Gasteiger partial charge in [-0.2, -0.15) is 0 Å². The third-order valence-electron chi connectivity index (χ3n) is 2.17. The number of carbonyl (C=O) groups excluding carboxylic acids is 1. The molecule has 1 atom stereocenters. The molecule has 6 heteroatoms. The van der Waals surface area contributed by atoms with Gasteiger partial charge in [-0.3, -0.25) is 10.1 Å². The van der Waals surface area contributed by atoms with Gasteiger partial charge in [0.15, 0.2) is 0 Å². The van der Waals surface area contributed by atoms with E-state index in [0.717, 1.165) is 7.11 Å². The maximum Gasteiger partial charge on any atom is 0.336 e. The molecule has 0 amide bonds. The summed E-state index contributed by atoms with van der Waals surface area (Å²) in [4.78, 5) is 21.1. The van der Waals surface area contributed by atoms with Crippen molar-refractivity contribution in [3.8, 4) is 0 Å². The maximum absolute atomic E-state index is 11.1. The number of nitrogens with zero attached hydrogens (tertiary/aromatic N) is 1. The summed E-state index contributed by atoms with van der Waals surface area (Å²) in [6.45, 7) is 3.38. The number of aliphatic hydroxyl groups is 1. The predicted octanol–water partition coefficient (Wildman–Crippen LogP) is 1.36. The van der Waals surface area contributed by atoms with Crippen molar-refractivity contribution in [3.05, 3.63) is 52.1 Å². The van der Waals surface area contributed by atoms with Gasteiger partial charge in [-0.15, -0.1) is 0 Å². The Morgan fingerprint density at radius 3 is 2.76 bits per heavy atom. The Balaban J connectivity index is 3.00. The minimum absolute atomic E-state index is 0.167. The van der Waals surface area contributed by atoms with Gasteiger partial charge in [-0.05, 0) is 5.56 Å². The van der Waals surface area contributed by atoms with Gasteiger partial charge < -0.3 is 9.84 Å². The molecule has 0 unspecified atom stereocenters. The molecule has 0 aliphatic heterocycles. The predicted molar refractivity (Wildman–Crippen MR) is 59.2 cm³/mol. The van der Waals surface area contributed by atoms with Crippen LogP contribution in [0.1, 0.15) is 11.7 Å². The van der Waals surface area contributed by atoms with Gasteiger partial charge in [-0.25, -0.2) is 4.79 Å². The summed E-state index contributed by atoms with van der Waals surface area (Å²) >= 11 is 0. The molecule has 17 heavy (non-hydrogen) atoms. The molecule has 0 saturated heterocycles. The van der Waals surface area contributed by atoms with E-state index in [9.17, 15) is 20.0 Å². The van der Waals surface area contributed by atoms with E-state index in [0.29, 0.717) is 0 Å². The Kier molecular flexibility index (Phi) is 3.95. The lowest BCUT2D eigenvalue weighted by Crippen LogP contribution is -2.12. The number of benzene rings is 1. The van der Waals surface area contributed by atoms with E-state index in [2.05, 4.69) is 11.3 Å². The molecule has 0 saturated carbocycles. The van der Waals surface area contributed by atoms with Crippen molar-refractivity contribution < 1.29 is 19.6 Å². The third kappa shape index (κ3) is 2.88. The average Bonchev–Trinajstić information content (AvgIpc) is 2.36. The van der Waals surface area contributed by atoms with Crippen molar-refractivity contribution in [1.82, 2.24) is 0 Å². The van der Waals surface area contributed by atoms with E-state index in [1.165, 1.54) is 24.3 Å². The van der Waals surface area contributed by atoms with Gasteiger partial charge in [-0.1, -0.05) is 18.7 Å². The average molecular weight is 237 g/mol. The first-order chi connectivity index (χ1) is 7.97. The SMILES string of the molecule is C=C(C(=O)OC)[C@@H](O)c1cccc([N+](=O)[O-])c1. The lowest BCUT2D eigenvalue weighted by molar-refractivity contribution is -0.385. The molecule has 1 aromatic carbocycles. The zero-order valence-corrected chi connectivity index (χ0v) is 9.12. The van der Waals surface area contributed by atoms with Crippen molar-refractivity contribution in [1.29, 1.82) is 0 Å². The second-order valence-electron chi connectivity index (χ2n) is 3.27. The molecule has 0 heterocycles. The van der Waals surface area contributed by atoms with Crippen LogP contribution in [0, 0.1) is 10.1 Å². The van der Waals surface area contributed by atoms with Crippen LogP contribution < -0.4 is 0 Å². The maximum atomic E-state index is 11.1. The Bertz CT molecular complexity index is 469. The van der Waals surface area contributed by atoms with Crippen molar-refractivity contribution in [2.75, 3.05) is 7.11 Å². The van der Waals surface area contributed by atoms with Gasteiger partial charge in [0.2, 0.25) is 0 Å². The van der Waals surface area contributed by atoms with E-state index in [1.54, 1.807) is 0 Å². The van der Waals surface area contributed by atoms with Crippen LogP contribution in [0.4, 0.5) is 5.69 Å². The standard InChI is InChI=1S/C11H11NO5/c1-7(11(14)17-2)10(13)8-4-3-5-9(6-8)12(15)16/h3-6,10,13H,1H2,2H3/t10-/m1/s1.